The number of carbonyl (C=O) groups is 2. The van der Waals surface area contributed by atoms with Gasteiger partial charge in [-0.3, -0.25) is 9.59 Å². The first-order chi connectivity index (χ1) is 13.5. The molecular formula is C22H28ClN3O2. The van der Waals surface area contributed by atoms with Crippen LogP contribution in [0.2, 0.25) is 5.02 Å². The molecule has 0 N–H and O–H groups in total. The average Bonchev–Trinajstić information content (AvgIpc) is 3.45. The van der Waals surface area contributed by atoms with E-state index in [9.17, 15) is 9.59 Å². The second kappa shape index (κ2) is 9.28. The van der Waals surface area contributed by atoms with Gasteiger partial charge in [0.1, 0.15) is 6.54 Å². The van der Waals surface area contributed by atoms with Crippen molar-refractivity contribution in [3.63, 3.8) is 0 Å². The first-order valence-electron chi connectivity index (χ1n) is 9.94. The fourth-order valence-electron chi connectivity index (χ4n) is 3.27. The number of benzene rings is 1. The lowest BCUT2D eigenvalue weighted by Gasteiger charge is -2.28. The lowest BCUT2D eigenvalue weighted by molar-refractivity contribution is -0.133. The van der Waals surface area contributed by atoms with Gasteiger partial charge in [-0.05, 0) is 55.7 Å². The molecule has 1 aliphatic carbocycles. The number of carbonyl (C=O) groups excluding carboxylic acids is 2. The minimum Gasteiger partial charge on any atom is -0.353 e. The molecule has 0 saturated heterocycles. The van der Waals surface area contributed by atoms with E-state index in [-0.39, 0.29) is 18.4 Å². The van der Waals surface area contributed by atoms with Crippen LogP contribution in [0.25, 0.3) is 0 Å². The molecule has 5 nitrogen and oxygen atoms in total. The predicted octanol–water partition coefficient (Wildman–Crippen LogP) is 4.11. The lowest BCUT2D eigenvalue weighted by atomic mass is 10.2. The Labute approximate surface area is 171 Å². The van der Waals surface area contributed by atoms with Crippen LogP contribution in [0.3, 0.4) is 0 Å². The molecule has 0 aliphatic heterocycles. The number of aromatic nitrogens is 1. The van der Waals surface area contributed by atoms with Crippen molar-refractivity contribution in [2.45, 2.75) is 45.2 Å². The van der Waals surface area contributed by atoms with E-state index in [0.29, 0.717) is 29.7 Å². The van der Waals surface area contributed by atoms with Crippen LogP contribution < -0.4 is 0 Å². The van der Waals surface area contributed by atoms with Crippen LogP contribution in [-0.2, 0) is 18.4 Å². The summed E-state index contributed by atoms with van der Waals surface area (Å²) in [5, 5.41) is 0.593. The van der Waals surface area contributed by atoms with Crippen molar-refractivity contribution in [3.8, 4) is 0 Å². The largest absolute Gasteiger partial charge is 0.353 e. The molecular weight excluding hydrogens is 374 g/mol. The third-order valence-corrected chi connectivity index (χ3v) is 5.43. The van der Waals surface area contributed by atoms with E-state index in [0.717, 1.165) is 31.4 Å². The van der Waals surface area contributed by atoms with E-state index in [1.807, 2.05) is 34.8 Å². The van der Waals surface area contributed by atoms with Gasteiger partial charge in [0.2, 0.25) is 5.91 Å². The van der Waals surface area contributed by atoms with Crippen molar-refractivity contribution in [1.29, 1.82) is 0 Å². The summed E-state index contributed by atoms with van der Waals surface area (Å²) in [6.45, 7) is 3.36. The number of nitrogens with zero attached hydrogens (tertiary/aromatic N) is 3. The second-order valence-corrected chi connectivity index (χ2v) is 7.89. The molecule has 0 radical (unpaired) electrons. The summed E-state index contributed by atoms with van der Waals surface area (Å²) < 4.78 is 2.04. The molecule has 1 aromatic carbocycles. The Morgan fingerprint density at radius 2 is 1.89 bits per heavy atom. The van der Waals surface area contributed by atoms with Gasteiger partial charge in [-0.2, -0.15) is 0 Å². The zero-order chi connectivity index (χ0) is 20.1. The van der Waals surface area contributed by atoms with Crippen molar-refractivity contribution in [2.75, 3.05) is 13.1 Å². The Morgan fingerprint density at radius 3 is 2.46 bits per heavy atom. The van der Waals surface area contributed by atoms with E-state index in [1.165, 1.54) is 0 Å². The normalized spacial score (nSPS) is 13.4. The molecule has 0 unspecified atom stereocenters. The summed E-state index contributed by atoms with van der Waals surface area (Å²) >= 11 is 5.94. The third kappa shape index (κ3) is 5.16. The highest BCUT2D eigenvalue weighted by Crippen LogP contribution is 2.28. The molecule has 3 rings (SSSR count). The van der Waals surface area contributed by atoms with Crippen LogP contribution in [-0.4, -0.2) is 45.3 Å². The van der Waals surface area contributed by atoms with Crippen molar-refractivity contribution in [1.82, 2.24) is 14.4 Å². The highest BCUT2D eigenvalue weighted by atomic mass is 35.5. The Hall–Kier alpha value is -2.27. The summed E-state index contributed by atoms with van der Waals surface area (Å²) in [4.78, 5) is 29.7. The average molecular weight is 402 g/mol. The minimum atomic E-state index is -0.118. The molecule has 6 heteroatoms. The lowest BCUT2D eigenvalue weighted by Crippen LogP contribution is -2.44. The molecule has 28 heavy (non-hydrogen) atoms. The fourth-order valence-corrected chi connectivity index (χ4v) is 3.40. The number of halogens is 1. The molecule has 1 fully saturated rings. The maximum absolute atomic E-state index is 13.1. The Bertz CT molecular complexity index is 811. The van der Waals surface area contributed by atoms with Gasteiger partial charge >= 0.3 is 0 Å². The number of amides is 2. The minimum absolute atomic E-state index is 0.0158. The van der Waals surface area contributed by atoms with Crippen LogP contribution in [0, 0.1) is 0 Å². The first-order valence-corrected chi connectivity index (χ1v) is 10.3. The van der Waals surface area contributed by atoms with E-state index < -0.39 is 0 Å². The molecule has 2 amide bonds. The summed E-state index contributed by atoms with van der Waals surface area (Å²) in [7, 11) is 1.99. The molecule has 150 valence electrons. The summed E-state index contributed by atoms with van der Waals surface area (Å²) in [5.41, 5.74) is 1.66. The highest BCUT2D eigenvalue weighted by Gasteiger charge is 2.34. The first kappa shape index (κ1) is 20.5. The number of hydrogen-bond donors (Lipinski definition) is 0. The maximum atomic E-state index is 13.1. The zero-order valence-corrected chi connectivity index (χ0v) is 17.4. The van der Waals surface area contributed by atoms with Crippen LogP contribution in [0.1, 0.15) is 48.7 Å². The van der Waals surface area contributed by atoms with Gasteiger partial charge in [-0.1, -0.05) is 24.9 Å². The predicted molar refractivity (Wildman–Crippen MR) is 111 cm³/mol. The Kier molecular flexibility index (Phi) is 6.79. The molecule has 2 aromatic rings. The van der Waals surface area contributed by atoms with Gasteiger partial charge in [0, 0.05) is 42.1 Å². The molecule has 1 saturated carbocycles. The van der Waals surface area contributed by atoms with Gasteiger partial charge in [-0.15, -0.1) is 0 Å². The van der Waals surface area contributed by atoms with Crippen LogP contribution in [0.4, 0.5) is 0 Å². The zero-order valence-electron chi connectivity index (χ0n) is 16.6. The summed E-state index contributed by atoms with van der Waals surface area (Å²) in [5.74, 6) is -0.102. The van der Waals surface area contributed by atoms with E-state index in [2.05, 4.69) is 6.92 Å². The second-order valence-electron chi connectivity index (χ2n) is 7.45. The third-order valence-electron chi connectivity index (χ3n) is 5.18. The van der Waals surface area contributed by atoms with Gasteiger partial charge in [-0.25, -0.2) is 0 Å². The summed E-state index contributed by atoms with van der Waals surface area (Å²) in [6, 6.07) is 11.2. The highest BCUT2D eigenvalue weighted by molar-refractivity contribution is 6.30. The quantitative estimate of drug-likeness (QED) is 0.634. The van der Waals surface area contributed by atoms with Crippen LogP contribution in [0.5, 0.6) is 0 Å². The van der Waals surface area contributed by atoms with Crippen molar-refractivity contribution >= 4 is 23.4 Å². The standard InChI is InChI=1S/C22H28ClN3O2/c1-3-4-14-25(22(28)17-7-9-18(23)10-8-17)16-21(27)26(19-11-12-19)15-20-6-5-13-24(20)2/h5-10,13,19H,3-4,11-12,14-16H2,1-2H3. The van der Waals surface area contributed by atoms with Gasteiger partial charge in [0.05, 0.1) is 6.54 Å². The SMILES string of the molecule is CCCCN(CC(=O)N(Cc1cccn1C)C1CC1)C(=O)c1ccc(Cl)cc1. The topological polar surface area (TPSA) is 45.6 Å². The summed E-state index contributed by atoms with van der Waals surface area (Å²) in [6.07, 6.45) is 5.90. The van der Waals surface area contributed by atoms with Crippen LogP contribution >= 0.6 is 11.6 Å². The van der Waals surface area contributed by atoms with E-state index in [4.69, 9.17) is 11.6 Å². The smallest absolute Gasteiger partial charge is 0.254 e. The number of hydrogen-bond acceptors (Lipinski definition) is 2. The molecule has 1 aliphatic rings. The molecule has 1 aromatic heterocycles. The number of unbranched alkanes of at least 4 members (excludes halogenated alkanes) is 1. The Morgan fingerprint density at radius 1 is 1.18 bits per heavy atom. The maximum Gasteiger partial charge on any atom is 0.254 e. The molecule has 0 bridgehead atoms. The molecule has 0 spiro atoms. The number of aryl methyl sites for hydroxylation is 1. The van der Waals surface area contributed by atoms with Gasteiger partial charge < -0.3 is 14.4 Å². The van der Waals surface area contributed by atoms with Gasteiger partial charge in [0.25, 0.3) is 5.91 Å². The molecule has 0 atom stereocenters. The van der Waals surface area contributed by atoms with Crippen molar-refractivity contribution < 1.29 is 9.59 Å². The monoisotopic (exact) mass is 401 g/mol. The van der Waals surface area contributed by atoms with E-state index in [1.54, 1.807) is 29.2 Å². The molecule has 1 heterocycles. The number of rotatable bonds is 9. The van der Waals surface area contributed by atoms with E-state index >= 15 is 0 Å². The van der Waals surface area contributed by atoms with Crippen molar-refractivity contribution in [3.05, 3.63) is 58.9 Å². The van der Waals surface area contributed by atoms with Crippen molar-refractivity contribution in [2.24, 2.45) is 7.05 Å². The fraction of sp³-hybridized carbons (Fsp3) is 0.455. The van der Waals surface area contributed by atoms with Gasteiger partial charge in [0.15, 0.2) is 0 Å². The van der Waals surface area contributed by atoms with Crippen LogP contribution in [0.15, 0.2) is 42.6 Å². The Balaban J connectivity index is 1.72.